The van der Waals surface area contributed by atoms with Crippen LogP contribution >= 0.6 is 0 Å². The average Bonchev–Trinajstić information content (AvgIpc) is 3.19. The summed E-state index contributed by atoms with van der Waals surface area (Å²) in [5, 5.41) is 14.2. The minimum absolute atomic E-state index is 0.0602. The Bertz CT molecular complexity index is 965. The molecule has 0 bridgehead atoms. The third-order valence-electron chi connectivity index (χ3n) is 5.40. The van der Waals surface area contributed by atoms with Crippen molar-refractivity contribution in [3.05, 3.63) is 58.6 Å². The molecule has 2 saturated heterocycles. The first-order valence-corrected chi connectivity index (χ1v) is 9.86. The van der Waals surface area contributed by atoms with Gasteiger partial charge in [-0.05, 0) is 31.0 Å². The summed E-state index contributed by atoms with van der Waals surface area (Å²) >= 11 is 0. The number of amides is 2. The maximum atomic E-state index is 12.8. The molecule has 0 aromatic heterocycles. The van der Waals surface area contributed by atoms with E-state index >= 15 is 0 Å². The summed E-state index contributed by atoms with van der Waals surface area (Å²) in [5.41, 5.74) is 1.78. The molecule has 0 saturated carbocycles. The quantitative estimate of drug-likeness (QED) is 0.598. The number of carbonyl (C=O) groups excluding carboxylic acids is 2. The van der Waals surface area contributed by atoms with E-state index in [2.05, 4.69) is 5.32 Å². The second-order valence-corrected chi connectivity index (χ2v) is 7.34. The first-order valence-electron chi connectivity index (χ1n) is 9.86. The highest BCUT2D eigenvalue weighted by Gasteiger charge is 2.32. The summed E-state index contributed by atoms with van der Waals surface area (Å²) in [6.07, 6.45) is 1.03. The summed E-state index contributed by atoms with van der Waals surface area (Å²) in [7, 11) is 0. The van der Waals surface area contributed by atoms with Gasteiger partial charge < -0.3 is 15.0 Å². The third-order valence-corrected chi connectivity index (χ3v) is 5.40. The number of nitrogens with zero attached hydrogens (tertiary/aromatic N) is 3. The van der Waals surface area contributed by atoms with Crippen molar-refractivity contribution in [3.63, 3.8) is 0 Å². The second kappa shape index (κ2) is 8.40. The van der Waals surface area contributed by atoms with Crippen LogP contribution in [-0.4, -0.2) is 43.2 Å². The lowest BCUT2D eigenvalue weighted by Crippen LogP contribution is -2.41. The van der Waals surface area contributed by atoms with Crippen LogP contribution in [0.15, 0.2) is 48.5 Å². The predicted octanol–water partition coefficient (Wildman–Crippen LogP) is 3.41. The fraction of sp³-hybridized carbons (Fsp3) is 0.333. The van der Waals surface area contributed by atoms with Crippen molar-refractivity contribution in [2.45, 2.75) is 12.8 Å². The van der Waals surface area contributed by atoms with E-state index in [1.165, 1.54) is 17.0 Å². The number of rotatable bonds is 5. The van der Waals surface area contributed by atoms with E-state index in [1.54, 1.807) is 6.07 Å². The standard InChI is InChI=1S/C21H22N4O5/c26-20(22-16-6-2-1-3-7-16)15-5-4-10-23(14-15)18-9-8-17(25(28)29)13-19(18)24-11-12-30-21(24)27/h1-3,6-9,13,15H,4-5,10-12,14H2,(H,22,26). The highest BCUT2D eigenvalue weighted by Crippen LogP contribution is 2.37. The molecule has 1 unspecified atom stereocenters. The zero-order valence-corrected chi connectivity index (χ0v) is 16.3. The smallest absolute Gasteiger partial charge is 0.414 e. The fourth-order valence-electron chi connectivity index (χ4n) is 3.90. The molecule has 2 amide bonds. The van der Waals surface area contributed by atoms with Gasteiger partial charge >= 0.3 is 6.09 Å². The Morgan fingerprint density at radius 2 is 1.93 bits per heavy atom. The highest BCUT2D eigenvalue weighted by molar-refractivity contribution is 5.95. The largest absolute Gasteiger partial charge is 0.447 e. The Labute approximate surface area is 173 Å². The number of para-hydroxylation sites is 1. The Hall–Kier alpha value is -3.62. The molecule has 4 rings (SSSR count). The Kier molecular flexibility index (Phi) is 5.51. The number of anilines is 3. The lowest BCUT2D eigenvalue weighted by atomic mass is 9.96. The first kappa shape index (κ1) is 19.7. The number of hydrogen-bond acceptors (Lipinski definition) is 6. The van der Waals surface area contributed by atoms with Gasteiger partial charge in [0.1, 0.15) is 6.61 Å². The highest BCUT2D eigenvalue weighted by atomic mass is 16.6. The van der Waals surface area contributed by atoms with Gasteiger partial charge in [-0.1, -0.05) is 18.2 Å². The van der Waals surface area contributed by atoms with Gasteiger partial charge in [0, 0.05) is 30.9 Å². The molecule has 1 atom stereocenters. The molecule has 9 nitrogen and oxygen atoms in total. The number of nitro groups is 1. The van der Waals surface area contributed by atoms with Crippen molar-refractivity contribution < 1.29 is 19.2 Å². The van der Waals surface area contributed by atoms with Gasteiger partial charge in [0.2, 0.25) is 5.91 Å². The molecular weight excluding hydrogens is 388 g/mol. The van der Waals surface area contributed by atoms with Crippen LogP contribution in [0.2, 0.25) is 0 Å². The minimum Gasteiger partial charge on any atom is -0.447 e. The normalized spacial score (nSPS) is 18.8. The number of nitrogens with one attached hydrogen (secondary N) is 1. The first-order chi connectivity index (χ1) is 14.5. The van der Waals surface area contributed by atoms with Crippen LogP contribution in [0.3, 0.4) is 0 Å². The number of nitro benzene ring substituents is 1. The number of carbonyl (C=O) groups is 2. The molecule has 2 aliphatic rings. The molecule has 2 aromatic carbocycles. The molecule has 1 N–H and O–H groups in total. The molecule has 2 fully saturated rings. The van der Waals surface area contributed by atoms with E-state index in [4.69, 9.17) is 4.74 Å². The number of benzene rings is 2. The van der Waals surface area contributed by atoms with Crippen molar-refractivity contribution in [1.82, 2.24) is 0 Å². The topological polar surface area (TPSA) is 105 Å². The summed E-state index contributed by atoms with van der Waals surface area (Å²) < 4.78 is 5.02. The van der Waals surface area contributed by atoms with Crippen molar-refractivity contribution in [2.75, 3.05) is 41.4 Å². The van der Waals surface area contributed by atoms with Gasteiger partial charge in [-0.3, -0.25) is 19.8 Å². The van der Waals surface area contributed by atoms with E-state index < -0.39 is 11.0 Å². The zero-order valence-electron chi connectivity index (χ0n) is 16.3. The van der Waals surface area contributed by atoms with Gasteiger partial charge in [-0.15, -0.1) is 0 Å². The lowest BCUT2D eigenvalue weighted by Gasteiger charge is -2.35. The minimum atomic E-state index is -0.521. The third kappa shape index (κ3) is 4.05. The van der Waals surface area contributed by atoms with Crippen molar-refractivity contribution in [1.29, 1.82) is 0 Å². The van der Waals surface area contributed by atoms with E-state index in [1.807, 2.05) is 35.2 Å². The Balaban J connectivity index is 1.57. The molecule has 0 radical (unpaired) electrons. The molecule has 30 heavy (non-hydrogen) atoms. The number of hydrogen-bond donors (Lipinski definition) is 1. The molecule has 2 heterocycles. The maximum absolute atomic E-state index is 12.8. The van der Waals surface area contributed by atoms with E-state index in [0.29, 0.717) is 31.0 Å². The molecular formula is C21H22N4O5. The van der Waals surface area contributed by atoms with Gasteiger partial charge in [0.25, 0.3) is 5.69 Å². The van der Waals surface area contributed by atoms with Gasteiger partial charge in [0.15, 0.2) is 0 Å². The Morgan fingerprint density at radius 1 is 1.13 bits per heavy atom. The van der Waals surface area contributed by atoms with E-state index in [9.17, 15) is 19.7 Å². The van der Waals surface area contributed by atoms with Gasteiger partial charge in [-0.25, -0.2) is 4.79 Å². The zero-order chi connectivity index (χ0) is 21.1. The Morgan fingerprint density at radius 3 is 2.63 bits per heavy atom. The van der Waals surface area contributed by atoms with Crippen molar-refractivity contribution >= 4 is 34.7 Å². The van der Waals surface area contributed by atoms with Crippen LogP contribution in [0.5, 0.6) is 0 Å². The van der Waals surface area contributed by atoms with E-state index in [0.717, 1.165) is 18.5 Å². The summed E-state index contributed by atoms with van der Waals surface area (Å²) in [6, 6.07) is 13.8. The van der Waals surface area contributed by atoms with Crippen molar-refractivity contribution in [2.24, 2.45) is 5.92 Å². The number of ether oxygens (including phenoxy) is 1. The molecule has 0 spiro atoms. The van der Waals surface area contributed by atoms with Crippen LogP contribution in [0.25, 0.3) is 0 Å². The van der Waals surface area contributed by atoms with Gasteiger partial charge in [-0.2, -0.15) is 0 Å². The number of non-ortho nitro benzene ring substituents is 1. The molecule has 0 aliphatic carbocycles. The molecule has 156 valence electrons. The molecule has 2 aliphatic heterocycles. The van der Waals surface area contributed by atoms with E-state index in [-0.39, 0.29) is 24.1 Å². The van der Waals surface area contributed by atoms with Crippen LogP contribution in [0.4, 0.5) is 27.5 Å². The molecule has 2 aromatic rings. The summed E-state index contributed by atoms with van der Waals surface area (Å²) in [6.45, 7) is 1.73. The summed E-state index contributed by atoms with van der Waals surface area (Å²) in [4.78, 5) is 39.1. The SMILES string of the molecule is O=C(Nc1ccccc1)C1CCCN(c2ccc([N+](=O)[O-])cc2N2CCOC2=O)C1. The number of piperidine rings is 1. The van der Waals surface area contributed by atoms with Crippen LogP contribution in [0, 0.1) is 16.0 Å². The van der Waals surface area contributed by atoms with Crippen LogP contribution < -0.4 is 15.1 Å². The number of cyclic esters (lactones) is 1. The maximum Gasteiger partial charge on any atom is 0.414 e. The lowest BCUT2D eigenvalue weighted by molar-refractivity contribution is -0.384. The van der Waals surface area contributed by atoms with Gasteiger partial charge in [0.05, 0.1) is 28.8 Å². The van der Waals surface area contributed by atoms with Crippen molar-refractivity contribution in [3.8, 4) is 0 Å². The monoisotopic (exact) mass is 410 g/mol. The fourth-order valence-corrected chi connectivity index (χ4v) is 3.90. The second-order valence-electron chi connectivity index (χ2n) is 7.34. The van der Waals surface area contributed by atoms with Crippen LogP contribution in [0.1, 0.15) is 12.8 Å². The molecule has 9 heteroatoms. The predicted molar refractivity (Wildman–Crippen MR) is 112 cm³/mol. The van der Waals surface area contributed by atoms with Crippen LogP contribution in [-0.2, 0) is 9.53 Å². The average molecular weight is 410 g/mol. The summed E-state index contributed by atoms with van der Waals surface area (Å²) in [5.74, 6) is -0.289.